The molecule has 0 unspecified atom stereocenters. The van der Waals surface area contributed by atoms with Crippen LogP contribution in [0.25, 0.3) is 21.2 Å². The molecule has 0 radical (unpaired) electrons. The lowest BCUT2D eigenvalue weighted by atomic mass is 10.1. The fourth-order valence-electron chi connectivity index (χ4n) is 2.92. The summed E-state index contributed by atoms with van der Waals surface area (Å²) in [6.07, 6.45) is 0. The van der Waals surface area contributed by atoms with Crippen molar-refractivity contribution in [3.05, 3.63) is 99.4 Å². The van der Waals surface area contributed by atoms with E-state index in [1.165, 1.54) is 35.6 Å². The number of hydrogen-bond acceptors (Lipinski definition) is 3. The molecule has 4 rings (SSSR count). The van der Waals surface area contributed by atoms with E-state index in [-0.39, 0.29) is 5.43 Å². The molecule has 1 heterocycles. The number of amides is 1. The van der Waals surface area contributed by atoms with Crippen LogP contribution in [0, 0.1) is 5.82 Å². The van der Waals surface area contributed by atoms with E-state index in [0.29, 0.717) is 32.1 Å². The molecule has 138 valence electrons. The van der Waals surface area contributed by atoms with Gasteiger partial charge < -0.3 is 5.32 Å². The minimum absolute atomic E-state index is 0.226. The first-order chi connectivity index (χ1) is 13.5. The largest absolute Gasteiger partial charge is 0.313 e. The molecule has 0 aliphatic carbocycles. The second kappa shape index (κ2) is 7.54. The molecule has 6 heteroatoms. The average molecular weight is 410 g/mol. The van der Waals surface area contributed by atoms with E-state index in [9.17, 15) is 14.0 Å². The lowest BCUT2D eigenvalue weighted by Crippen LogP contribution is -2.16. The van der Waals surface area contributed by atoms with Gasteiger partial charge in [0, 0.05) is 10.1 Å². The third-order valence-corrected chi connectivity index (χ3v) is 5.69. The van der Waals surface area contributed by atoms with Crippen LogP contribution in [0.2, 0.25) is 5.02 Å². The predicted molar refractivity (Wildman–Crippen MR) is 113 cm³/mol. The van der Waals surface area contributed by atoms with Crippen molar-refractivity contribution < 1.29 is 9.18 Å². The Hall–Kier alpha value is -3.02. The van der Waals surface area contributed by atoms with Crippen LogP contribution >= 0.6 is 22.9 Å². The summed E-state index contributed by atoms with van der Waals surface area (Å²) in [5, 5.41) is 4.06. The van der Waals surface area contributed by atoms with Gasteiger partial charge in [-0.25, -0.2) is 4.39 Å². The lowest BCUT2D eigenvalue weighted by molar-refractivity contribution is 0.102. The number of rotatable bonds is 3. The summed E-state index contributed by atoms with van der Waals surface area (Å²) in [6.45, 7) is 0. The van der Waals surface area contributed by atoms with Crippen molar-refractivity contribution in [1.82, 2.24) is 0 Å². The van der Waals surface area contributed by atoms with Crippen LogP contribution in [0.3, 0.4) is 0 Å². The Labute approximate surface area is 169 Å². The molecule has 0 saturated heterocycles. The number of carbonyl (C=O) groups is 1. The predicted octanol–water partition coefficient (Wildman–Crippen LogP) is 5.97. The molecule has 0 aliphatic rings. The molecule has 3 nitrogen and oxygen atoms in total. The van der Waals surface area contributed by atoms with Crippen molar-refractivity contribution in [3.8, 4) is 11.1 Å². The Bertz CT molecular complexity index is 1250. The Balaban J connectivity index is 1.90. The summed E-state index contributed by atoms with van der Waals surface area (Å²) in [5.74, 6) is -0.817. The van der Waals surface area contributed by atoms with E-state index < -0.39 is 11.7 Å². The summed E-state index contributed by atoms with van der Waals surface area (Å²) >= 11 is 7.41. The smallest absolute Gasteiger partial charge is 0.257 e. The highest BCUT2D eigenvalue weighted by Crippen LogP contribution is 2.34. The zero-order chi connectivity index (χ0) is 19.7. The maximum absolute atomic E-state index is 13.4. The fourth-order valence-corrected chi connectivity index (χ4v) is 4.24. The SMILES string of the molecule is O=C(Nc1sc2ccccc2c(=O)c1-c1ccc(F)cc1)c1ccccc1Cl. The Morgan fingerprint density at radius 1 is 0.929 bits per heavy atom. The van der Waals surface area contributed by atoms with Crippen LogP contribution in [-0.4, -0.2) is 5.91 Å². The van der Waals surface area contributed by atoms with E-state index in [0.717, 1.165) is 4.70 Å². The van der Waals surface area contributed by atoms with E-state index in [4.69, 9.17) is 11.6 Å². The molecular formula is C22H13ClFNO2S. The van der Waals surface area contributed by atoms with Crippen molar-refractivity contribution in [2.45, 2.75) is 0 Å². The molecule has 0 saturated carbocycles. The van der Waals surface area contributed by atoms with E-state index in [2.05, 4.69) is 5.32 Å². The summed E-state index contributed by atoms with van der Waals surface area (Å²) in [5.41, 5.74) is 0.935. The summed E-state index contributed by atoms with van der Waals surface area (Å²) in [4.78, 5) is 25.9. The van der Waals surface area contributed by atoms with Gasteiger partial charge in [0.2, 0.25) is 0 Å². The average Bonchev–Trinajstić information content (AvgIpc) is 2.70. The molecule has 0 fully saturated rings. The normalized spacial score (nSPS) is 10.8. The molecule has 1 amide bonds. The number of nitrogens with one attached hydrogen (secondary N) is 1. The van der Waals surface area contributed by atoms with Gasteiger partial charge in [0.1, 0.15) is 10.8 Å². The number of hydrogen-bond donors (Lipinski definition) is 1. The molecule has 4 aromatic rings. The first-order valence-corrected chi connectivity index (χ1v) is 9.61. The maximum atomic E-state index is 13.4. The monoisotopic (exact) mass is 409 g/mol. The Morgan fingerprint density at radius 2 is 1.61 bits per heavy atom. The van der Waals surface area contributed by atoms with Gasteiger partial charge in [-0.1, -0.05) is 48.0 Å². The molecule has 0 spiro atoms. The van der Waals surface area contributed by atoms with Crippen LogP contribution in [0.5, 0.6) is 0 Å². The quantitative estimate of drug-likeness (QED) is 0.453. The highest BCUT2D eigenvalue weighted by Gasteiger charge is 2.18. The maximum Gasteiger partial charge on any atom is 0.257 e. The number of fused-ring (bicyclic) bond motifs is 1. The molecular weight excluding hydrogens is 397 g/mol. The van der Waals surface area contributed by atoms with Gasteiger partial charge in [0.15, 0.2) is 5.43 Å². The van der Waals surface area contributed by atoms with Crippen LogP contribution in [0.15, 0.2) is 77.6 Å². The van der Waals surface area contributed by atoms with Crippen molar-refractivity contribution in [2.75, 3.05) is 5.32 Å². The second-order valence-electron chi connectivity index (χ2n) is 6.07. The standard InChI is InChI=1S/C22H13ClFNO2S/c23-17-7-3-1-5-15(17)21(27)25-22-19(13-9-11-14(24)12-10-13)20(26)16-6-2-4-8-18(16)28-22/h1-12H,(H,25,27). The van der Waals surface area contributed by atoms with Gasteiger partial charge in [0.25, 0.3) is 5.91 Å². The second-order valence-corrected chi connectivity index (χ2v) is 7.53. The highest BCUT2D eigenvalue weighted by molar-refractivity contribution is 7.22. The van der Waals surface area contributed by atoms with Crippen molar-refractivity contribution in [2.24, 2.45) is 0 Å². The molecule has 28 heavy (non-hydrogen) atoms. The first-order valence-electron chi connectivity index (χ1n) is 8.42. The number of anilines is 1. The zero-order valence-electron chi connectivity index (χ0n) is 14.4. The topological polar surface area (TPSA) is 46.2 Å². The Morgan fingerprint density at radius 3 is 2.36 bits per heavy atom. The summed E-state index contributed by atoms with van der Waals surface area (Å²) in [6, 6.07) is 19.5. The zero-order valence-corrected chi connectivity index (χ0v) is 16.0. The molecule has 0 atom stereocenters. The van der Waals surface area contributed by atoms with Gasteiger partial charge >= 0.3 is 0 Å². The van der Waals surface area contributed by atoms with Gasteiger partial charge in [-0.05, 0) is 42.0 Å². The fraction of sp³-hybridized carbons (Fsp3) is 0. The van der Waals surface area contributed by atoms with Gasteiger partial charge in [-0.2, -0.15) is 0 Å². The minimum atomic E-state index is -0.417. The van der Waals surface area contributed by atoms with E-state index in [1.807, 2.05) is 12.1 Å². The van der Waals surface area contributed by atoms with E-state index in [1.54, 1.807) is 36.4 Å². The third kappa shape index (κ3) is 3.42. The van der Waals surface area contributed by atoms with Crippen molar-refractivity contribution >= 4 is 43.9 Å². The summed E-state index contributed by atoms with van der Waals surface area (Å²) in [7, 11) is 0. The molecule has 3 aromatic carbocycles. The third-order valence-electron chi connectivity index (χ3n) is 4.28. The lowest BCUT2D eigenvalue weighted by Gasteiger charge is -2.12. The van der Waals surface area contributed by atoms with Crippen molar-refractivity contribution in [1.29, 1.82) is 0 Å². The number of carbonyl (C=O) groups excluding carboxylic acids is 1. The van der Waals surface area contributed by atoms with Gasteiger partial charge in [0.05, 0.1) is 16.1 Å². The minimum Gasteiger partial charge on any atom is -0.313 e. The number of benzene rings is 3. The van der Waals surface area contributed by atoms with Crippen LogP contribution in [0.1, 0.15) is 10.4 Å². The molecule has 0 bridgehead atoms. The first kappa shape index (κ1) is 18.3. The molecule has 1 N–H and O–H groups in total. The van der Waals surface area contributed by atoms with Crippen molar-refractivity contribution in [3.63, 3.8) is 0 Å². The molecule has 1 aromatic heterocycles. The number of halogens is 2. The Kier molecular flexibility index (Phi) is 4.94. The van der Waals surface area contributed by atoms with Gasteiger partial charge in [-0.15, -0.1) is 11.3 Å². The van der Waals surface area contributed by atoms with Gasteiger partial charge in [-0.3, -0.25) is 9.59 Å². The van der Waals surface area contributed by atoms with Crippen LogP contribution in [0.4, 0.5) is 9.39 Å². The highest BCUT2D eigenvalue weighted by atomic mass is 35.5. The summed E-state index contributed by atoms with van der Waals surface area (Å²) < 4.78 is 14.1. The van der Waals surface area contributed by atoms with E-state index >= 15 is 0 Å². The van der Waals surface area contributed by atoms with Crippen LogP contribution < -0.4 is 10.7 Å². The van der Waals surface area contributed by atoms with Crippen LogP contribution in [-0.2, 0) is 0 Å². The molecule has 0 aliphatic heterocycles.